The highest BCUT2D eigenvalue weighted by Crippen LogP contribution is 2.30. The first kappa shape index (κ1) is 17.5. The number of amidine groups is 1. The molecule has 3 aliphatic heterocycles. The first-order valence-electron chi connectivity index (χ1n) is 9.18. The Labute approximate surface area is 154 Å². The second-order valence-corrected chi connectivity index (χ2v) is 8.80. The number of piperidine rings is 1. The van der Waals surface area contributed by atoms with Gasteiger partial charge in [-0.25, -0.2) is 0 Å². The molecule has 2 fully saturated rings. The highest BCUT2D eigenvalue weighted by atomic mass is 32.2. The summed E-state index contributed by atoms with van der Waals surface area (Å²) in [5.41, 5.74) is 0.674. The molecular weight excluding hydrogens is 352 g/mol. The van der Waals surface area contributed by atoms with E-state index < -0.39 is 10.0 Å². The molecule has 26 heavy (non-hydrogen) atoms. The zero-order chi connectivity index (χ0) is 18.3. The number of carbonyl (C=O) groups excluding carboxylic acids is 1. The van der Waals surface area contributed by atoms with Crippen molar-refractivity contribution < 1.29 is 13.2 Å². The normalized spacial score (nSPS) is 25.7. The summed E-state index contributed by atoms with van der Waals surface area (Å²) in [6, 6.07) is 7.18. The third-order valence-corrected chi connectivity index (χ3v) is 6.87. The Morgan fingerprint density at radius 3 is 2.65 bits per heavy atom. The number of fused-ring (bicyclic) bond motifs is 1. The zero-order valence-corrected chi connectivity index (χ0v) is 15.7. The lowest BCUT2D eigenvalue weighted by Gasteiger charge is -2.39. The van der Waals surface area contributed by atoms with E-state index in [-0.39, 0.29) is 22.8 Å². The van der Waals surface area contributed by atoms with Gasteiger partial charge < -0.3 is 15.1 Å². The number of nitrogens with zero attached hydrogens (tertiary/aromatic N) is 3. The molecule has 1 atom stereocenters. The van der Waals surface area contributed by atoms with Crippen LogP contribution in [0.2, 0.25) is 0 Å². The molecule has 2 saturated heterocycles. The first-order chi connectivity index (χ1) is 12.5. The summed E-state index contributed by atoms with van der Waals surface area (Å²) in [5, 5.41) is 3.31. The van der Waals surface area contributed by atoms with Gasteiger partial charge in [0, 0.05) is 50.2 Å². The standard InChI is InChI=1S/C18H24N4O3S/c1-13-12-19-8-11-22(13)18(23)14-6-9-21(10-7-14)17-15-4-2-3-5-16(15)26(24,25)20-17/h2-5,13-14,19H,6-12H2,1H3/t13-/m0/s1. The molecule has 4 rings (SSSR count). The summed E-state index contributed by atoms with van der Waals surface area (Å²) in [6.07, 6.45) is 1.47. The number of rotatable bonds is 1. The molecule has 3 heterocycles. The molecule has 7 nitrogen and oxygen atoms in total. The smallest absolute Gasteiger partial charge is 0.285 e. The molecule has 0 radical (unpaired) electrons. The summed E-state index contributed by atoms with van der Waals surface area (Å²) in [5.74, 6) is 0.780. The number of sulfonamides is 1. The van der Waals surface area contributed by atoms with Gasteiger partial charge in [-0.05, 0) is 31.9 Å². The van der Waals surface area contributed by atoms with Crippen molar-refractivity contribution in [2.75, 3.05) is 32.7 Å². The van der Waals surface area contributed by atoms with Crippen LogP contribution in [0.4, 0.5) is 0 Å². The van der Waals surface area contributed by atoms with Crippen molar-refractivity contribution in [3.8, 4) is 0 Å². The molecule has 140 valence electrons. The van der Waals surface area contributed by atoms with E-state index in [1.807, 2.05) is 15.9 Å². The van der Waals surface area contributed by atoms with Crippen LogP contribution < -0.4 is 5.32 Å². The van der Waals surface area contributed by atoms with Crippen LogP contribution in [-0.4, -0.2) is 68.7 Å². The number of amides is 1. The van der Waals surface area contributed by atoms with Gasteiger partial charge in [0.1, 0.15) is 4.90 Å². The molecule has 0 aliphatic carbocycles. The van der Waals surface area contributed by atoms with Gasteiger partial charge in [-0.1, -0.05) is 12.1 Å². The summed E-state index contributed by atoms with van der Waals surface area (Å²) in [6.45, 7) is 5.84. The van der Waals surface area contributed by atoms with Gasteiger partial charge in [-0.2, -0.15) is 8.42 Å². The number of hydrogen-bond donors (Lipinski definition) is 1. The maximum Gasteiger partial charge on any atom is 0.285 e. The van der Waals surface area contributed by atoms with Gasteiger partial charge in [0.05, 0.1) is 0 Å². The Morgan fingerprint density at radius 2 is 1.92 bits per heavy atom. The lowest BCUT2D eigenvalue weighted by molar-refractivity contribution is -0.139. The molecule has 0 aromatic heterocycles. The quantitative estimate of drug-likeness (QED) is 0.779. The Bertz CT molecular complexity index is 844. The topological polar surface area (TPSA) is 82.1 Å². The van der Waals surface area contributed by atoms with Crippen molar-refractivity contribution in [1.82, 2.24) is 15.1 Å². The minimum absolute atomic E-state index is 0.0145. The van der Waals surface area contributed by atoms with Crippen molar-refractivity contribution in [2.24, 2.45) is 10.3 Å². The Kier molecular flexibility index (Phi) is 4.48. The van der Waals surface area contributed by atoms with Gasteiger partial charge >= 0.3 is 0 Å². The maximum absolute atomic E-state index is 12.8. The summed E-state index contributed by atoms with van der Waals surface area (Å²) in [4.78, 5) is 17.1. The largest absolute Gasteiger partial charge is 0.355 e. The van der Waals surface area contributed by atoms with Crippen LogP contribution in [0, 0.1) is 5.92 Å². The highest BCUT2D eigenvalue weighted by Gasteiger charge is 2.36. The number of hydrogen-bond acceptors (Lipinski definition) is 5. The Balaban J connectivity index is 1.45. The molecular formula is C18H24N4O3S. The lowest BCUT2D eigenvalue weighted by Crippen LogP contribution is -2.55. The minimum atomic E-state index is -3.59. The van der Waals surface area contributed by atoms with E-state index in [4.69, 9.17) is 0 Å². The molecule has 0 unspecified atom stereocenters. The molecule has 1 N–H and O–H groups in total. The van der Waals surface area contributed by atoms with Gasteiger partial charge in [0.25, 0.3) is 10.0 Å². The SMILES string of the molecule is C[C@H]1CNCCN1C(=O)C1CCN(C2=NS(=O)(=O)c3ccccc32)CC1. The molecule has 1 amide bonds. The van der Waals surface area contributed by atoms with Gasteiger partial charge in [0.15, 0.2) is 5.84 Å². The fourth-order valence-corrected chi connectivity index (χ4v) is 5.29. The fourth-order valence-electron chi connectivity index (χ4n) is 4.06. The van der Waals surface area contributed by atoms with E-state index in [1.54, 1.807) is 18.2 Å². The molecule has 0 saturated carbocycles. The molecule has 1 aromatic rings. The molecule has 8 heteroatoms. The molecule has 1 aromatic carbocycles. The summed E-state index contributed by atoms with van der Waals surface area (Å²) >= 11 is 0. The van der Waals surface area contributed by atoms with Crippen LogP contribution in [0.3, 0.4) is 0 Å². The number of nitrogens with one attached hydrogen (secondary N) is 1. The van der Waals surface area contributed by atoms with Gasteiger partial charge in [-0.3, -0.25) is 4.79 Å². The fraction of sp³-hybridized carbons (Fsp3) is 0.556. The van der Waals surface area contributed by atoms with Gasteiger partial charge in [0.2, 0.25) is 5.91 Å². The van der Waals surface area contributed by atoms with Crippen LogP contribution in [0.5, 0.6) is 0 Å². The van der Waals surface area contributed by atoms with Gasteiger partial charge in [-0.15, -0.1) is 4.40 Å². The third kappa shape index (κ3) is 3.01. The molecule has 3 aliphatic rings. The van der Waals surface area contributed by atoms with E-state index in [2.05, 4.69) is 16.6 Å². The van der Waals surface area contributed by atoms with Crippen LogP contribution >= 0.6 is 0 Å². The van der Waals surface area contributed by atoms with Crippen molar-refractivity contribution in [1.29, 1.82) is 0 Å². The number of likely N-dealkylation sites (tertiary alicyclic amines) is 1. The van der Waals surface area contributed by atoms with Crippen LogP contribution in [0.15, 0.2) is 33.6 Å². The predicted octanol–water partition coefficient (Wildman–Crippen LogP) is 0.668. The predicted molar refractivity (Wildman–Crippen MR) is 98.5 cm³/mol. The number of piperazine rings is 1. The second kappa shape index (κ2) is 6.66. The van der Waals surface area contributed by atoms with E-state index >= 15 is 0 Å². The van der Waals surface area contributed by atoms with Crippen molar-refractivity contribution in [3.05, 3.63) is 29.8 Å². The number of benzene rings is 1. The Hall–Kier alpha value is -1.93. The van der Waals surface area contributed by atoms with E-state index in [0.29, 0.717) is 24.5 Å². The zero-order valence-electron chi connectivity index (χ0n) is 14.9. The van der Waals surface area contributed by atoms with Crippen LogP contribution in [0.25, 0.3) is 0 Å². The average Bonchev–Trinajstić information content (AvgIpc) is 2.93. The molecule has 0 bridgehead atoms. The monoisotopic (exact) mass is 376 g/mol. The van der Waals surface area contributed by atoms with E-state index in [9.17, 15) is 13.2 Å². The van der Waals surface area contributed by atoms with Crippen molar-refractivity contribution >= 4 is 21.8 Å². The van der Waals surface area contributed by atoms with E-state index in [0.717, 1.165) is 32.5 Å². The van der Waals surface area contributed by atoms with E-state index in [1.165, 1.54) is 0 Å². The van der Waals surface area contributed by atoms with Crippen molar-refractivity contribution in [2.45, 2.75) is 30.7 Å². The first-order valence-corrected chi connectivity index (χ1v) is 10.6. The number of carbonyl (C=O) groups is 1. The van der Waals surface area contributed by atoms with Crippen LogP contribution in [-0.2, 0) is 14.8 Å². The Morgan fingerprint density at radius 1 is 1.19 bits per heavy atom. The second-order valence-electron chi connectivity index (χ2n) is 7.23. The minimum Gasteiger partial charge on any atom is -0.355 e. The van der Waals surface area contributed by atoms with Crippen molar-refractivity contribution in [3.63, 3.8) is 0 Å². The molecule has 0 spiro atoms. The summed E-state index contributed by atoms with van der Waals surface area (Å²) in [7, 11) is -3.59. The summed E-state index contributed by atoms with van der Waals surface area (Å²) < 4.78 is 28.5. The maximum atomic E-state index is 12.8. The third-order valence-electron chi connectivity index (χ3n) is 5.54. The highest BCUT2D eigenvalue weighted by molar-refractivity contribution is 7.90. The average molecular weight is 376 g/mol. The van der Waals surface area contributed by atoms with Crippen LogP contribution in [0.1, 0.15) is 25.3 Å². The lowest BCUT2D eigenvalue weighted by atomic mass is 9.94.